The number of benzene rings is 1. The maximum absolute atomic E-state index is 13.4. The highest BCUT2D eigenvalue weighted by Gasteiger charge is 2.37. The molecule has 2 aliphatic rings. The van der Waals surface area contributed by atoms with Gasteiger partial charge in [-0.3, -0.25) is 14.5 Å². The van der Waals surface area contributed by atoms with E-state index in [1.165, 1.54) is 0 Å². The minimum absolute atomic E-state index is 0.128. The Morgan fingerprint density at radius 1 is 1.07 bits per heavy atom. The summed E-state index contributed by atoms with van der Waals surface area (Å²) < 4.78 is 13.2. The first-order valence-corrected chi connectivity index (χ1v) is 10.0. The van der Waals surface area contributed by atoms with Crippen LogP contribution >= 0.6 is 0 Å². The number of amides is 2. The molecule has 1 fully saturated rings. The predicted octanol–water partition coefficient (Wildman–Crippen LogP) is 1.91. The number of anilines is 1. The van der Waals surface area contributed by atoms with E-state index < -0.39 is 6.10 Å². The molecule has 1 aromatic carbocycles. The molecule has 2 amide bonds. The summed E-state index contributed by atoms with van der Waals surface area (Å²) >= 11 is 0. The van der Waals surface area contributed by atoms with Crippen LogP contribution in [0.4, 0.5) is 5.69 Å². The molecular formula is C22H22N4O4. The normalized spacial score (nSPS) is 18.8. The van der Waals surface area contributed by atoms with Crippen molar-refractivity contribution in [2.75, 3.05) is 37.7 Å². The van der Waals surface area contributed by atoms with Gasteiger partial charge in [0.15, 0.2) is 6.10 Å². The van der Waals surface area contributed by atoms with Crippen LogP contribution in [0, 0.1) is 6.92 Å². The largest absolute Gasteiger partial charge is 0.476 e. The summed E-state index contributed by atoms with van der Waals surface area (Å²) in [6, 6.07) is 13.0. The number of aromatic nitrogens is 2. The fourth-order valence-electron chi connectivity index (χ4n) is 3.93. The molecule has 154 valence electrons. The molecule has 0 spiro atoms. The molecule has 8 nitrogen and oxygen atoms in total. The molecule has 1 unspecified atom stereocenters. The summed E-state index contributed by atoms with van der Waals surface area (Å²) in [5.74, 6) is 0.133. The standard InChI is InChI=1S/C22H22N4O4/c1-15-5-4-8-20-23-16(13-25(15)20)21(27)26-14-19(22(28)24-9-11-29-12-10-24)30-18-7-3-2-6-17(18)26/h2-8,13,19H,9-12,14H2,1H3. The molecule has 0 aliphatic carbocycles. The van der Waals surface area contributed by atoms with Gasteiger partial charge in [-0.15, -0.1) is 0 Å². The average Bonchev–Trinajstić information content (AvgIpc) is 3.24. The molecule has 1 atom stereocenters. The summed E-state index contributed by atoms with van der Waals surface area (Å²) in [6.45, 7) is 4.18. The van der Waals surface area contributed by atoms with Crippen LogP contribution in [0.15, 0.2) is 48.7 Å². The van der Waals surface area contributed by atoms with Gasteiger partial charge >= 0.3 is 0 Å². The van der Waals surface area contributed by atoms with Crippen LogP contribution in [0.25, 0.3) is 5.65 Å². The van der Waals surface area contributed by atoms with Crippen LogP contribution in [-0.2, 0) is 9.53 Å². The average molecular weight is 406 g/mol. The Bertz CT molecular complexity index is 1120. The lowest BCUT2D eigenvalue weighted by molar-refractivity contribution is -0.142. The van der Waals surface area contributed by atoms with E-state index in [0.29, 0.717) is 49.1 Å². The third-order valence-corrected chi connectivity index (χ3v) is 5.53. The van der Waals surface area contributed by atoms with E-state index in [2.05, 4.69) is 4.98 Å². The summed E-state index contributed by atoms with van der Waals surface area (Å²) in [6.07, 6.45) is 0.977. The van der Waals surface area contributed by atoms with Gasteiger partial charge in [-0.2, -0.15) is 0 Å². The van der Waals surface area contributed by atoms with Crippen LogP contribution < -0.4 is 9.64 Å². The zero-order valence-electron chi connectivity index (χ0n) is 16.7. The number of fused-ring (bicyclic) bond motifs is 2. The van der Waals surface area contributed by atoms with Crippen LogP contribution in [0.5, 0.6) is 5.75 Å². The van der Waals surface area contributed by atoms with Gasteiger partial charge in [0, 0.05) is 25.0 Å². The number of imidazole rings is 1. The molecule has 2 aliphatic heterocycles. The van der Waals surface area contributed by atoms with E-state index in [-0.39, 0.29) is 18.4 Å². The molecule has 5 rings (SSSR count). The number of carbonyl (C=O) groups excluding carboxylic acids is 2. The number of rotatable bonds is 2. The SMILES string of the molecule is Cc1cccc2nc(C(=O)N3CC(C(=O)N4CCOCC4)Oc4ccccc43)cn12. The summed E-state index contributed by atoms with van der Waals surface area (Å²) in [7, 11) is 0. The minimum Gasteiger partial charge on any atom is -0.476 e. The lowest BCUT2D eigenvalue weighted by Gasteiger charge is -2.37. The van der Waals surface area contributed by atoms with Crippen molar-refractivity contribution in [1.82, 2.24) is 14.3 Å². The van der Waals surface area contributed by atoms with E-state index in [1.54, 1.807) is 22.1 Å². The van der Waals surface area contributed by atoms with Gasteiger partial charge < -0.3 is 18.8 Å². The van der Waals surface area contributed by atoms with Crippen molar-refractivity contribution < 1.29 is 19.1 Å². The molecule has 0 N–H and O–H groups in total. The molecule has 8 heteroatoms. The van der Waals surface area contributed by atoms with Gasteiger partial charge in [-0.05, 0) is 31.2 Å². The van der Waals surface area contributed by atoms with Gasteiger partial charge in [0.1, 0.15) is 17.1 Å². The van der Waals surface area contributed by atoms with Crippen LogP contribution in [0.1, 0.15) is 16.2 Å². The molecule has 30 heavy (non-hydrogen) atoms. The fourth-order valence-corrected chi connectivity index (χ4v) is 3.93. The van der Waals surface area contributed by atoms with Crippen molar-refractivity contribution in [3.05, 3.63) is 60.0 Å². The summed E-state index contributed by atoms with van der Waals surface area (Å²) in [5, 5.41) is 0. The first kappa shape index (κ1) is 18.6. The first-order chi connectivity index (χ1) is 14.6. The Hall–Kier alpha value is -3.39. The molecule has 0 bridgehead atoms. The summed E-state index contributed by atoms with van der Waals surface area (Å²) in [4.78, 5) is 34.3. The molecule has 3 aromatic rings. The summed E-state index contributed by atoms with van der Waals surface area (Å²) in [5.41, 5.74) is 2.67. The van der Waals surface area contributed by atoms with E-state index in [9.17, 15) is 9.59 Å². The van der Waals surface area contributed by atoms with E-state index in [0.717, 1.165) is 5.69 Å². The lowest BCUT2D eigenvalue weighted by atomic mass is 10.1. The number of nitrogens with zero attached hydrogens (tertiary/aromatic N) is 4. The highest BCUT2D eigenvalue weighted by molar-refractivity contribution is 6.07. The Morgan fingerprint density at radius 3 is 2.67 bits per heavy atom. The second kappa shape index (κ2) is 7.46. The van der Waals surface area contributed by atoms with Crippen LogP contribution in [0.2, 0.25) is 0 Å². The highest BCUT2D eigenvalue weighted by Crippen LogP contribution is 2.34. The lowest BCUT2D eigenvalue weighted by Crippen LogP contribution is -2.54. The number of pyridine rings is 1. The van der Waals surface area contributed by atoms with Crippen LogP contribution in [0.3, 0.4) is 0 Å². The quantitative estimate of drug-likeness (QED) is 0.650. The number of aryl methyl sites for hydroxylation is 1. The van der Waals surface area contributed by atoms with Crippen molar-refractivity contribution in [2.45, 2.75) is 13.0 Å². The zero-order chi connectivity index (χ0) is 20.7. The van der Waals surface area contributed by atoms with Crippen molar-refractivity contribution in [1.29, 1.82) is 0 Å². The molecule has 1 saturated heterocycles. The number of carbonyl (C=O) groups is 2. The minimum atomic E-state index is -0.763. The second-order valence-corrected chi connectivity index (χ2v) is 7.45. The Kier molecular flexibility index (Phi) is 4.63. The third-order valence-electron chi connectivity index (χ3n) is 5.53. The third kappa shape index (κ3) is 3.19. The number of para-hydroxylation sites is 2. The second-order valence-electron chi connectivity index (χ2n) is 7.45. The van der Waals surface area contributed by atoms with E-state index in [4.69, 9.17) is 9.47 Å². The smallest absolute Gasteiger partial charge is 0.278 e. The zero-order valence-corrected chi connectivity index (χ0v) is 16.7. The van der Waals surface area contributed by atoms with Crippen molar-refractivity contribution in [3.8, 4) is 5.75 Å². The van der Waals surface area contributed by atoms with Gasteiger partial charge in [-0.1, -0.05) is 18.2 Å². The van der Waals surface area contributed by atoms with Gasteiger partial charge in [0.25, 0.3) is 11.8 Å². The monoisotopic (exact) mass is 406 g/mol. The van der Waals surface area contributed by atoms with Gasteiger partial charge in [0.2, 0.25) is 0 Å². The number of morpholine rings is 1. The topological polar surface area (TPSA) is 76.4 Å². The number of hydrogen-bond acceptors (Lipinski definition) is 5. The molecular weight excluding hydrogens is 384 g/mol. The Labute approximate surface area is 173 Å². The predicted molar refractivity (Wildman–Crippen MR) is 110 cm³/mol. The maximum Gasteiger partial charge on any atom is 0.278 e. The fraction of sp³-hybridized carbons (Fsp3) is 0.318. The number of ether oxygens (including phenoxy) is 2. The highest BCUT2D eigenvalue weighted by atomic mass is 16.5. The molecule has 0 saturated carbocycles. The molecule has 4 heterocycles. The first-order valence-electron chi connectivity index (χ1n) is 10.0. The van der Waals surface area contributed by atoms with Crippen LogP contribution in [-0.4, -0.2) is 65.1 Å². The maximum atomic E-state index is 13.4. The number of hydrogen-bond donors (Lipinski definition) is 0. The Morgan fingerprint density at radius 2 is 1.87 bits per heavy atom. The van der Waals surface area contributed by atoms with Gasteiger partial charge in [0.05, 0.1) is 25.4 Å². The van der Waals surface area contributed by atoms with E-state index in [1.807, 2.05) is 47.7 Å². The molecule has 2 aromatic heterocycles. The molecule has 0 radical (unpaired) electrons. The van der Waals surface area contributed by atoms with Crippen molar-refractivity contribution >= 4 is 23.1 Å². The van der Waals surface area contributed by atoms with E-state index >= 15 is 0 Å². The van der Waals surface area contributed by atoms with Crippen molar-refractivity contribution in [2.24, 2.45) is 0 Å². The van der Waals surface area contributed by atoms with Gasteiger partial charge in [-0.25, -0.2) is 4.98 Å². The van der Waals surface area contributed by atoms with Crippen molar-refractivity contribution in [3.63, 3.8) is 0 Å². The Balaban J connectivity index is 1.48.